The molecule has 0 amide bonds. The topological polar surface area (TPSA) is 0 Å². The lowest BCUT2D eigenvalue weighted by Gasteiger charge is -2.45. The summed E-state index contributed by atoms with van der Waals surface area (Å²) >= 11 is 0. The van der Waals surface area contributed by atoms with Crippen molar-refractivity contribution in [3.8, 4) is 55.6 Å². The third-order valence-corrected chi connectivity index (χ3v) is 20.8. The highest BCUT2D eigenvalue weighted by Crippen LogP contribution is 2.66. The molecule has 0 fully saturated rings. The Bertz CT molecular complexity index is 4920. The predicted molar refractivity (Wildman–Crippen MR) is 342 cm³/mol. The molecule has 0 heteroatoms. The molecular formula is C80H58. The summed E-state index contributed by atoms with van der Waals surface area (Å²) in [7, 11) is 0. The highest BCUT2D eigenvalue weighted by Gasteiger charge is 2.48. The van der Waals surface area contributed by atoms with Gasteiger partial charge in [0.2, 0.25) is 0 Å². The molecule has 0 unspecified atom stereocenters. The molecular weight excluding hydrogens is 961 g/mol. The summed E-state index contributed by atoms with van der Waals surface area (Å²) < 4.78 is 0. The van der Waals surface area contributed by atoms with Crippen LogP contribution in [0.5, 0.6) is 0 Å². The maximum Gasteiger partial charge on any atom is 0.0165 e. The third-order valence-electron chi connectivity index (χ3n) is 20.8. The van der Waals surface area contributed by atoms with Crippen molar-refractivity contribution in [1.82, 2.24) is 0 Å². The van der Waals surface area contributed by atoms with E-state index in [-0.39, 0.29) is 21.7 Å². The van der Waals surface area contributed by atoms with Crippen molar-refractivity contribution in [3.63, 3.8) is 0 Å². The van der Waals surface area contributed by atoms with Crippen molar-refractivity contribution < 1.29 is 0 Å². The first-order chi connectivity index (χ1) is 38.8. The van der Waals surface area contributed by atoms with Crippen molar-refractivity contribution in [2.24, 2.45) is 0 Å². The van der Waals surface area contributed by atoms with Crippen LogP contribution >= 0.6 is 0 Å². The Balaban J connectivity index is 1.04. The van der Waals surface area contributed by atoms with E-state index in [9.17, 15) is 0 Å². The molecule has 0 bridgehead atoms. The number of hydrogen-bond donors (Lipinski definition) is 0. The van der Waals surface area contributed by atoms with E-state index in [0.29, 0.717) is 0 Å². The average Bonchev–Trinajstić information content (AvgIpc) is 3.24. The van der Waals surface area contributed by atoms with Gasteiger partial charge in [0.1, 0.15) is 0 Å². The molecule has 0 aliphatic heterocycles. The van der Waals surface area contributed by atoms with Gasteiger partial charge in [0, 0.05) is 21.7 Å². The van der Waals surface area contributed by atoms with E-state index < -0.39 is 0 Å². The molecule has 4 aliphatic carbocycles. The average molecular weight is 1020 g/mol. The lowest BCUT2D eigenvalue weighted by molar-refractivity contribution is 0.633. The first-order valence-corrected chi connectivity index (χ1v) is 29.0. The molecule has 80 heavy (non-hydrogen) atoms. The summed E-state index contributed by atoms with van der Waals surface area (Å²) in [4.78, 5) is 0. The molecule has 0 heterocycles. The molecule has 4 aliphatic rings. The quantitative estimate of drug-likeness (QED) is 0.155. The van der Waals surface area contributed by atoms with Crippen LogP contribution in [0.15, 0.2) is 206 Å². The van der Waals surface area contributed by atoms with Gasteiger partial charge in [-0.05, 0) is 186 Å². The maximum absolute atomic E-state index is 2.56. The van der Waals surface area contributed by atoms with E-state index in [4.69, 9.17) is 0 Å². The minimum absolute atomic E-state index is 0.303. The molecule has 14 aromatic carbocycles. The number of hydrogen-bond acceptors (Lipinski definition) is 0. The summed E-state index contributed by atoms with van der Waals surface area (Å²) in [6, 6.07) is 80.0. The number of fused-ring (bicyclic) bond motifs is 8. The molecule has 378 valence electrons. The first kappa shape index (κ1) is 45.1. The summed E-state index contributed by atoms with van der Waals surface area (Å²) in [6.45, 7) is 20.1. The smallest absolute Gasteiger partial charge is 0.0165 e. The van der Waals surface area contributed by atoms with Crippen LogP contribution in [0, 0.1) is 0 Å². The Morgan fingerprint density at radius 2 is 0.388 bits per heavy atom. The van der Waals surface area contributed by atoms with Gasteiger partial charge in [-0.25, -0.2) is 0 Å². The summed E-state index contributed by atoms with van der Waals surface area (Å²) in [5.74, 6) is 0. The number of benzene rings is 14. The third kappa shape index (κ3) is 5.09. The minimum Gasteiger partial charge on any atom is -0.0622 e. The van der Waals surface area contributed by atoms with Crippen LogP contribution < -0.4 is 0 Å². The fourth-order valence-corrected chi connectivity index (χ4v) is 17.7. The Labute approximate surface area is 467 Å². The molecule has 14 aromatic rings. The normalized spacial score (nSPS) is 16.1. The molecule has 0 saturated carbocycles. The second-order valence-corrected chi connectivity index (χ2v) is 26.1. The van der Waals surface area contributed by atoms with Gasteiger partial charge in [0.25, 0.3) is 0 Å². The highest BCUT2D eigenvalue weighted by molar-refractivity contribution is 6.33. The lowest BCUT2D eigenvalue weighted by atomic mass is 9.57. The summed E-state index contributed by atoms with van der Waals surface area (Å²) in [5.41, 5.74) is 23.8. The van der Waals surface area contributed by atoms with Crippen LogP contribution in [-0.4, -0.2) is 0 Å². The predicted octanol–water partition coefficient (Wildman–Crippen LogP) is 21.8. The molecule has 0 nitrogen and oxygen atoms in total. The van der Waals surface area contributed by atoms with Crippen LogP contribution in [0.4, 0.5) is 0 Å². The molecule has 0 saturated heterocycles. The Hall–Kier alpha value is -8.84. The van der Waals surface area contributed by atoms with Crippen LogP contribution in [0.2, 0.25) is 0 Å². The molecule has 18 rings (SSSR count). The Kier molecular flexibility index (Phi) is 8.27. The van der Waals surface area contributed by atoms with Gasteiger partial charge in [0.05, 0.1) is 0 Å². The van der Waals surface area contributed by atoms with E-state index in [1.54, 1.807) is 0 Å². The second kappa shape index (κ2) is 14.7. The van der Waals surface area contributed by atoms with Crippen molar-refractivity contribution in [2.45, 2.75) is 77.0 Å². The number of rotatable bonds is 3. The van der Waals surface area contributed by atoms with Crippen LogP contribution in [-0.2, 0) is 21.7 Å². The molecule has 0 N–H and O–H groups in total. The van der Waals surface area contributed by atoms with Gasteiger partial charge in [-0.3, -0.25) is 0 Å². The zero-order valence-corrected chi connectivity index (χ0v) is 46.6. The molecule has 0 aromatic heterocycles. The van der Waals surface area contributed by atoms with E-state index in [1.165, 1.54) is 186 Å². The highest BCUT2D eigenvalue weighted by atomic mass is 14.5. The van der Waals surface area contributed by atoms with Crippen molar-refractivity contribution >= 4 is 86.2 Å². The van der Waals surface area contributed by atoms with E-state index >= 15 is 0 Å². The zero-order chi connectivity index (χ0) is 53.7. The maximum atomic E-state index is 2.56. The van der Waals surface area contributed by atoms with Gasteiger partial charge in [-0.1, -0.05) is 262 Å². The zero-order valence-electron chi connectivity index (χ0n) is 46.6. The van der Waals surface area contributed by atoms with Gasteiger partial charge in [-0.15, -0.1) is 0 Å². The first-order valence-electron chi connectivity index (χ1n) is 29.0. The fourth-order valence-electron chi connectivity index (χ4n) is 17.7. The van der Waals surface area contributed by atoms with E-state index in [0.717, 1.165) is 0 Å². The van der Waals surface area contributed by atoms with Gasteiger partial charge in [-0.2, -0.15) is 0 Å². The minimum atomic E-state index is -0.322. The van der Waals surface area contributed by atoms with Crippen LogP contribution in [0.1, 0.15) is 99.9 Å². The fraction of sp³-hybridized carbons (Fsp3) is 0.150. The summed E-state index contributed by atoms with van der Waals surface area (Å²) in [6.07, 6.45) is 0. The van der Waals surface area contributed by atoms with Gasteiger partial charge >= 0.3 is 0 Å². The summed E-state index contributed by atoms with van der Waals surface area (Å²) in [5, 5.41) is 21.7. The van der Waals surface area contributed by atoms with E-state index in [2.05, 4.69) is 262 Å². The SMILES string of the molecule is CC1(C)c2ccc3c(-c4c5ccccc5c5c6c7c(ccc46)C(C)(C)c4c6ccccc6c(-c6ccccc6)c6ccc(c-7c46)C5(C)C)c4ccccc4c4c3c2-c2c(ccc3c(-c5ccccc5)c5ccccc5c1c23)C4(C)C. The Morgan fingerprint density at radius 3 is 0.650 bits per heavy atom. The standard InChI is InChI=1S/C80H58/c1-77(2)59-41-37-55-63(47-29-17-21-33-51(47)75-67(55)71(59)69-57(79(75,5)6)39-35-53-61(43-23-11-9-12-24-43)45-27-15-19-31-49(45)73(77)65(53)69)64-48-30-18-22-34-52(48)76-68-56(64)38-42-60-72(68)70-58(80(76,7)8)40-36-54-62(44-25-13-10-14-26-44)46-28-16-20-32-50(46)74(66(54)70)78(60,3)4/h9-42H,1-8H3. The van der Waals surface area contributed by atoms with E-state index in [1.807, 2.05) is 0 Å². The van der Waals surface area contributed by atoms with Crippen molar-refractivity contribution in [2.75, 3.05) is 0 Å². The van der Waals surface area contributed by atoms with Gasteiger partial charge in [0.15, 0.2) is 0 Å². The van der Waals surface area contributed by atoms with Gasteiger partial charge < -0.3 is 0 Å². The van der Waals surface area contributed by atoms with Crippen LogP contribution in [0.3, 0.4) is 0 Å². The Morgan fingerprint density at radius 1 is 0.175 bits per heavy atom. The molecule has 0 radical (unpaired) electrons. The molecule has 0 atom stereocenters. The van der Waals surface area contributed by atoms with Crippen molar-refractivity contribution in [1.29, 1.82) is 0 Å². The lowest BCUT2D eigenvalue weighted by Crippen LogP contribution is -2.31. The van der Waals surface area contributed by atoms with Crippen molar-refractivity contribution in [3.05, 3.63) is 251 Å². The van der Waals surface area contributed by atoms with Crippen LogP contribution in [0.25, 0.3) is 142 Å². The second-order valence-electron chi connectivity index (χ2n) is 26.1. The monoisotopic (exact) mass is 1020 g/mol. The largest absolute Gasteiger partial charge is 0.0622 e. The molecule has 0 spiro atoms.